The van der Waals surface area contributed by atoms with Gasteiger partial charge in [-0.2, -0.15) is 0 Å². The highest BCUT2D eigenvalue weighted by Gasteiger charge is 2.21. The monoisotopic (exact) mass is 305 g/mol. The molecule has 1 aromatic rings. The van der Waals surface area contributed by atoms with Gasteiger partial charge in [-0.05, 0) is 13.0 Å². The number of nitrogens with zero attached hydrogens (tertiary/aromatic N) is 1. The topological polar surface area (TPSA) is 69.4 Å². The molecule has 0 fully saturated rings. The zero-order valence-corrected chi connectivity index (χ0v) is 10.5. The van der Waals surface area contributed by atoms with Crippen molar-refractivity contribution in [1.82, 2.24) is 0 Å². The summed E-state index contributed by atoms with van der Waals surface area (Å²) in [4.78, 5) is 21.3. The van der Waals surface area contributed by atoms with Crippen LogP contribution < -0.4 is 0 Å². The lowest BCUT2D eigenvalue weighted by atomic mass is 10.1. The van der Waals surface area contributed by atoms with Crippen LogP contribution in [0.2, 0.25) is 0 Å². The van der Waals surface area contributed by atoms with Gasteiger partial charge in [0.25, 0.3) is 5.69 Å². The lowest BCUT2D eigenvalue weighted by molar-refractivity contribution is -0.385. The van der Waals surface area contributed by atoms with Crippen LogP contribution in [0.1, 0.15) is 22.8 Å². The third-order valence-corrected chi connectivity index (χ3v) is 2.61. The van der Waals surface area contributed by atoms with E-state index in [-0.39, 0.29) is 28.8 Å². The maximum atomic E-state index is 13.5. The first-order chi connectivity index (χ1) is 8.01. The van der Waals surface area contributed by atoms with Crippen LogP contribution >= 0.6 is 15.9 Å². The fraction of sp³-hybridized carbons (Fsp3) is 0.300. The van der Waals surface area contributed by atoms with Gasteiger partial charge in [0.2, 0.25) is 0 Å². The van der Waals surface area contributed by atoms with E-state index < -0.39 is 16.7 Å². The van der Waals surface area contributed by atoms with E-state index in [9.17, 15) is 19.3 Å². The fourth-order valence-corrected chi connectivity index (χ4v) is 1.70. The highest BCUT2D eigenvalue weighted by molar-refractivity contribution is 9.08. The number of benzene rings is 1. The Labute approximate surface area is 105 Å². The largest absolute Gasteiger partial charge is 0.462 e. The van der Waals surface area contributed by atoms with Gasteiger partial charge in [0.05, 0.1) is 23.2 Å². The average Bonchev–Trinajstić information content (AvgIpc) is 2.28. The summed E-state index contributed by atoms with van der Waals surface area (Å²) in [5.41, 5.74) is -0.446. The number of rotatable bonds is 4. The number of carbonyl (C=O) groups is 1. The van der Waals surface area contributed by atoms with Gasteiger partial charge in [0, 0.05) is 10.9 Å². The Morgan fingerprint density at radius 2 is 2.24 bits per heavy atom. The third-order valence-electron chi connectivity index (χ3n) is 2.00. The Balaban J connectivity index is 3.27. The molecule has 0 aliphatic rings. The quantitative estimate of drug-likeness (QED) is 0.371. The van der Waals surface area contributed by atoms with Gasteiger partial charge in [-0.25, -0.2) is 9.18 Å². The van der Waals surface area contributed by atoms with E-state index in [4.69, 9.17) is 0 Å². The van der Waals surface area contributed by atoms with Crippen LogP contribution in [0.15, 0.2) is 12.1 Å². The molecule has 1 aromatic carbocycles. The van der Waals surface area contributed by atoms with E-state index >= 15 is 0 Å². The smallest absolute Gasteiger partial charge is 0.341 e. The molecular weight excluding hydrogens is 297 g/mol. The molecule has 92 valence electrons. The number of nitro benzene ring substituents is 1. The molecule has 7 heteroatoms. The lowest BCUT2D eigenvalue weighted by Gasteiger charge is -2.05. The molecule has 0 spiro atoms. The van der Waals surface area contributed by atoms with E-state index in [0.717, 1.165) is 12.1 Å². The second kappa shape index (κ2) is 5.72. The summed E-state index contributed by atoms with van der Waals surface area (Å²) in [6, 6.07) is 1.85. The molecular formula is C10H9BrFNO4. The van der Waals surface area contributed by atoms with E-state index in [1.54, 1.807) is 6.92 Å². The number of ether oxygens (including phenoxy) is 1. The summed E-state index contributed by atoms with van der Waals surface area (Å²) in [5.74, 6) is -1.79. The summed E-state index contributed by atoms with van der Waals surface area (Å²) in [7, 11) is 0. The normalized spacial score (nSPS) is 10.1. The summed E-state index contributed by atoms with van der Waals surface area (Å²) in [5, 5.41) is 10.8. The van der Waals surface area contributed by atoms with Gasteiger partial charge in [-0.1, -0.05) is 15.9 Å². The zero-order valence-electron chi connectivity index (χ0n) is 8.91. The first-order valence-corrected chi connectivity index (χ1v) is 5.83. The summed E-state index contributed by atoms with van der Waals surface area (Å²) >= 11 is 3.04. The van der Waals surface area contributed by atoms with E-state index in [1.165, 1.54) is 0 Å². The van der Waals surface area contributed by atoms with Gasteiger partial charge in [-0.3, -0.25) is 10.1 Å². The molecule has 0 N–H and O–H groups in total. The van der Waals surface area contributed by atoms with Crippen molar-refractivity contribution < 1.29 is 18.8 Å². The number of nitro groups is 1. The average molecular weight is 306 g/mol. The van der Waals surface area contributed by atoms with Crippen molar-refractivity contribution in [2.45, 2.75) is 12.3 Å². The molecule has 5 nitrogen and oxygen atoms in total. The van der Waals surface area contributed by atoms with Crippen molar-refractivity contribution in [3.05, 3.63) is 39.2 Å². The van der Waals surface area contributed by atoms with Crippen molar-refractivity contribution in [2.75, 3.05) is 6.61 Å². The molecule has 0 radical (unpaired) electrons. The van der Waals surface area contributed by atoms with Crippen LogP contribution in [-0.4, -0.2) is 17.5 Å². The number of hydrogen-bond donors (Lipinski definition) is 0. The Morgan fingerprint density at radius 1 is 1.59 bits per heavy atom. The molecule has 0 aromatic heterocycles. The Bertz CT molecular complexity index is 464. The van der Waals surface area contributed by atoms with Gasteiger partial charge >= 0.3 is 5.97 Å². The van der Waals surface area contributed by atoms with Crippen LogP contribution in [0.25, 0.3) is 0 Å². The van der Waals surface area contributed by atoms with E-state index in [0.29, 0.717) is 0 Å². The Morgan fingerprint density at radius 3 is 2.71 bits per heavy atom. The van der Waals surface area contributed by atoms with Gasteiger partial charge in [0.1, 0.15) is 5.82 Å². The first kappa shape index (κ1) is 13.6. The lowest BCUT2D eigenvalue weighted by Crippen LogP contribution is -2.09. The summed E-state index contributed by atoms with van der Waals surface area (Å²) < 4.78 is 18.1. The number of halogens is 2. The van der Waals surface area contributed by atoms with Gasteiger partial charge in [0.15, 0.2) is 0 Å². The third kappa shape index (κ3) is 3.00. The molecule has 0 aliphatic heterocycles. The molecule has 17 heavy (non-hydrogen) atoms. The SMILES string of the molecule is CCOC(=O)c1cc(CBr)c([N+](=O)[O-])cc1F. The van der Waals surface area contributed by atoms with E-state index in [1.807, 2.05) is 0 Å². The first-order valence-electron chi connectivity index (χ1n) is 4.71. The standard InChI is InChI=1S/C10H9BrFNO4/c1-2-17-10(14)7-3-6(5-11)9(13(15)16)4-8(7)12/h3-4H,2,5H2,1H3. The molecule has 0 unspecified atom stereocenters. The molecule has 0 heterocycles. The molecule has 1 rings (SSSR count). The predicted molar refractivity (Wildman–Crippen MR) is 61.6 cm³/mol. The number of esters is 1. The predicted octanol–water partition coefficient (Wildman–Crippen LogP) is 2.81. The summed E-state index contributed by atoms with van der Waals surface area (Å²) in [6.07, 6.45) is 0. The van der Waals surface area contributed by atoms with Crippen LogP contribution in [0, 0.1) is 15.9 Å². The van der Waals surface area contributed by atoms with Gasteiger partial charge < -0.3 is 4.74 Å². The molecule has 0 aliphatic carbocycles. The molecule has 0 amide bonds. The van der Waals surface area contributed by atoms with Crippen LogP contribution in [0.5, 0.6) is 0 Å². The van der Waals surface area contributed by atoms with Crippen LogP contribution in [0.3, 0.4) is 0 Å². The molecule has 0 saturated heterocycles. The van der Waals surface area contributed by atoms with Crippen molar-refractivity contribution in [3.8, 4) is 0 Å². The summed E-state index contributed by atoms with van der Waals surface area (Å²) in [6.45, 7) is 1.70. The highest BCUT2D eigenvalue weighted by atomic mass is 79.9. The van der Waals surface area contributed by atoms with Crippen molar-refractivity contribution in [3.63, 3.8) is 0 Å². The fourth-order valence-electron chi connectivity index (χ4n) is 1.25. The van der Waals surface area contributed by atoms with Crippen molar-refractivity contribution in [1.29, 1.82) is 0 Å². The molecule has 0 atom stereocenters. The van der Waals surface area contributed by atoms with Crippen LogP contribution in [0.4, 0.5) is 10.1 Å². The van der Waals surface area contributed by atoms with E-state index in [2.05, 4.69) is 20.7 Å². The maximum Gasteiger partial charge on any atom is 0.341 e. The number of hydrogen-bond acceptors (Lipinski definition) is 4. The minimum atomic E-state index is -0.958. The zero-order chi connectivity index (χ0) is 13.0. The maximum absolute atomic E-state index is 13.5. The highest BCUT2D eigenvalue weighted by Crippen LogP contribution is 2.25. The molecule has 0 bridgehead atoms. The second-order valence-electron chi connectivity index (χ2n) is 3.07. The number of alkyl halides is 1. The van der Waals surface area contributed by atoms with Gasteiger partial charge in [-0.15, -0.1) is 0 Å². The van der Waals surface area contributed by atoms with Crippen molar-refractivity contribution in [2.24, 2.45) is 0 Å². The number of carbonyl (C=O) groups excluding carboxylic acids is 1. The minimum Gasteiger partial charge on any atom is -0.462 e. The second-order valence-corrected chi connectivity index (χ2v) is 3.63. The molecule has 0 saturated carbocycles. The van der Waals surface area contributed by atoms with Crippen LogP contribution in [-0.2, 0) is 10.1 Å². The Kier molecular flexibility index (Phi) is 4.56. The van der Waals surface area contributed by atoms with Crippen molar-refractivity contribution >= 4 is 27.6 Å². The Hall–Kier alpha value is -1.50. The minimum absolute atomic E-state index is 0.110.